The number of rotatable bonds is 4. The van der Waals surface area contributed by atoms with Crippen molar-refractivity contribution in [3.63, 3.8) is 0 Å². The van der Waals surface area contributed by atoms with Crippen LogP contribution >= 0.6 is 23.4 Å². The lowest BCUT2D eigenvalue weighted by Crippen LogP contribution is -2.02. The number of carbonyl (C=O) groups is 1. The molecule has 0 saturated heterocycles. The van der Waals surface area contributed by atoms with Gasteiger partial charge in [-0.05, 0) is 18.2 Å². The second-order valence-corrected chi connectivity index (χ2v) is 4.89. The van der Waals surface area contributed by atoms with Gasteiger partial charge in [-0.3, -0.25) is 9.36 Å². The number of imidazole rings is 1. The third-order valence-electron chi connectivity index (χ3n) is 2.27. The van der Waals surface area contributed by atoms with Crippen LogP contribution in [0.5, 0.6) is 0 Å². The Bertz CT molecular complexity index is 663. The highest BCUT2D eigenvalue weighted by atomic mass is 35.5. The highest BCUT2D eigenvalue weighted by Crippen LogP contribution is 2.26. The Balaban J connectivity index is 2.40. The number of carboxylic acids is 1. The summed E-state index contributed by atoms with van der Waals surface area (Å²) in [7, 11) is 0. The summed E-state index contributed by atoms with van der Waals surface area (Å²) < 4.78 is 1.66. The Labute approximate surface area is 118 Å². The van der Waals surface area contributed by atoms with Crippen molar-refractivity contribution in [1.82, 2.24) is 9.55 Å². The van der Waals surface area contributed by atoms with E-state index in [2.05, 4.69) is 4.98 Å². The van der Waals surface area contributed by atoms with Crippen LogP contribution in [0.1, 0.15) is 5.56 Å². The number of carboxylic acid groups (broad SMARTS) is 1. The van der Waals surface area contributed by atoms with E-state index < -0.39 is 5.97 Å². The molecule has 2 aromatic rings. The molecule has 1 heterocycles. The van der Waals surface area contributed by atoms with Gasteiger partial charge in [0.15, 0.2) is 5.16 Å². The van der Waals surface area contributed by atoms with Crippen LogP contribution in [-0.2, 0) is 4.79 Å². The molecule has 0 aliphatic carbocycles. The van der Waals surface area contributed by atoms with Crippen molar-refractivity contribution in [2.45, 2.75) is 5.16 Å². The maximum Gasteiger partial charge on any atom is 0.313 e. The highest BCUT2D eigenvalue weighted by molar-refractivity contribution is 7.99. The molecule has 0 aliphatic heterocycles. The van der Waals surface area contributed by atoms with E-state index in [0.29, 0.717) is 21.4 Å². The Morgan fingerprint density at radius 1 is 1.58 bits per heavy atom. The van der Waals surface area contributed by atoms with Crippen molar-refractivity contribution in [2.24, 2.45) is 0 Å². The molecule has 0 amide bonds. The quantitative estimate of drug-likeness (QED) is 0.877. The molecule has 0 spiro atoms. The zero-order valence-electron chi connectivity index (χ0n) is 9.58. The fourth-order valence-corrected chi connectivity index (χ4v) is 2.37. The van der Waals surface area contributed by atoms with Crippen molar-refractivity contribution in [2.75, 3.05) is 5.75 Å². The zero-order chi connectivity index (χ0) is 13.8. The third kappa shape index (κ3) is 3.08. The van der Waals surface area contributed by atoms with Gasteiger partial charge in [-0.15, -0.1) is 0 Å². The minimum absolute atomic E-state index is 0.0907. The molecule has 7 heteroatoms. The summed E-state index contributed by atoms with van der Waals surface area (Å²) in [5.74, 6) is -1.01. The first-order valence-corrected chi connectivity index (χ1v) is 6.56. The van der Waals surface area contributed by atoms with Crippen molar-refractivity contribution < 1.29 is 9.90 Å². The topological polar surface area (TPSA) is 78.9 Å². The van der Waals surface area contributed by atoms with Gasteiger partial charge in [0.2, 0.25) is 0 Å². The Morgan fingerprint density at radius 2 is 2.37 bits per heavy atom. The van der Waals surface area contributed by atoms with Crippen LogP contribution in [0.25, 0.3) is 5.69 Å². The van der Waals surface area contributed by atoms with Gasteiger partial charge in [-0.2, -0.15) is 5.26 Å². The van der Waals surface area contributed by atoms with Crippen molar-refractivity contribution in [3.05, 3.63) is 41.2 Å². The van der Waals surface area contributed by atoms with Crippen LogP contribution in [0.2, 0.25) is 5.02 Å². The maximum atomic E-state index is 10.6. The van der Waals surface area contributed by atoms with Crippen LogP contribution in [-0.4, -0.2) is 26.4 Å². The average molecular weight is 294 g/mol. The predicted molar refractivity (Wildman–Crippen MR) is 71.6 cm³/mol. The van der Waals surface area contributed by atoms with Gasteiger partial charge >= 0.3 is 5.97 Å². The summed E-state index contributed by atoms with van der Waals surface area (Å²) in [4.78, 5) is 14.7. The first-order chi connectivity index (χ1) is 9.11. The van der Waals surface area contributed by atoms with Gasteiger partial charge in [0.25, 0.3) is 0 Å². The molecule has 0 saturated carbocycles. The molecule has 0 fully saturated rings. The smallest absolute Gasteiger partial charge is 0.313 e. The number of benzene rings is 1. The lowest BCUT2D eigenvalue weighted by atomic mass is 10.2. The van der Waals surface area contributed by atoms with Crippen LogP contribution in [0, 0.1) is 11.3 Å². The van der Waals surface area contributed by atoms with Gasteiger partial charge in [-0.25, -0.2) is 4.98 Å². The number of hydrogen-bond donors (Lipinski definition) is 1. The number of nitrogens with zero attached hydrogens (tertiary/aromatic N) is 3. The second kappa shape index (κ2) is 5.78. The minimum Gasteiger partial charge on any atom is -0.481 e. The first kappa shape index (κ1) is 13.5. The predicted octanol–water partition coefficient (Wildman–Crippen LogP) is 2.57. The number of hydrogen-bond acceptors (Lipinski definition) is 4. The SMILES string of the molecule is N#Cc1ccc(Cl)c(-n2ccnc2SCC(=O)O)c1. The molecule has 2 rings (SSSR count). The van der Waals surface area contributed by atoms with Gasteiger partial charge < -0.3 is 5.11 Å². The molecular formula is C12H8ClN3O2S. The van der Waals surface area contributed by atoms with E-state index in [1.807, 2.05) is 6.07 Å². The number of aliphatic carboxylic acids is 1. The van der Waals surface area contributed by atoms with Crippen LogP contribution in [0.15, 0.2) is 35.7 Å². The van der Waals surface area contributed by atoms with Crippen LogP contribution < -0.4 is 0 Å². The van der Waals surface area contributed by atoms with E-state index in [9.17, 15) is 4.79 Å². The second-order valence-electron chi connectivity index (χ2n) is 3.54. The summed E-state index contributed by atoms with van der Waals surface area (Å²) in [5, 5.41) is 18.6. The molecule has 1 aromatic carbocycles. The number of nitriles is 1. The first-order valence-electron chi connectivity index (χ1n) is 5.20. The van der Waals surface area contributed by atoms with Crippen molar-refractivity contribution >= 4 is 29.3 Å². The number of thioether (sulfide) groups is 1. The lowest BCUT2D eigenvalue weighted by molar-refractivity contribution is -0.133. The van der Waals surface area contributed by atoms with Gasteiger partial charge in [0, 0.05) is 12.4 Å². The van der Waals surface area contributed by atoms with Crippen LogP contribution in [0.3, 0.4) is 0 Å². The van der Waals surface area contributed by atoms with Gasteiger partial charge in [0.1, 0.15) is 0 Å². The summed E-state index contributed by atoms with van der Waals surface area (Å²) in [6.07, 6.45) is 3.23. The molecule has 0 radical (unpaired) electrons. The largest absolute Gasteiger partial charge is 0.481 e. The molecular weight excluding hydrogens is 286 g/mol. The number of halogens is 1. The zero-order valence-corrected chi connectivity index (χ0v) is 11.1. The minimum atomic E-state index is -0.920. The fourth-order valence-electron chi connectivity index (χ4n) is 1.47. The molecule has 0 aliphatic rings. The van der Waals surface area contributed by atoms with Gasteiger partial charge in [-0.1, -0.05) is 23.4 Å². The van der Waals surface area contributed by atoms with E-state index >= 15 is 0 Å². The van der Waals surface area contributed by atoms with Crippen molar-refractivity contribution in [1.29, 1.82) is 5.26 Å². The molecule has 5 nitrogen and oxygen atoms in total. The van der Waals surface area contributed by atoms with E-state index in [1.54, 1.807) is 35.2 Å². The van der Waals surface area contributed by atoms with E-state index in [0.717, 1.165) is 11.8 Å². The van der Waals surface area contributed by atoms with E-state index in [-0.39, 0.29) is 5.75 Å². The monoisotopic (exact) mass is 293 g/mol. The highest BCUT2D eigenvalue weighted by Gasteiger charge is 2.11. The van der Waals surface area contributed by atoms with Gasteiger partial charge in [0.05, 0.1) is 28.1 Å². The Morgan fingerprint density at radius 3 is 3.05 bits per heavy atom. The van der Waals surface area contributed by atoms with E-state index in [1.165, 1.54) is 0 Å². The summed E-state index contributed by atoms with van der Waals surface area (Å²) in [5.41, 5.74) is 1.08. The summed E-state index contributed by atoms with van der Waals surface area (Å²) in [6, 6.07) is 6.91. The fraction of sp³-hybridized carbons (Fsp3) is 0.0833. The summed E-state index contributed by atoms with van der Waals surface area (Å²) in [6.45, 7) is 0. The van der Waals surface area contributed by atoms with Crippen LogP contribution in [0.4, 0.5) is 0 Å². The molecule has 19 heavy (non-hydrogen) atoms. The molecule has 0 atom stereocenters. The Hall–Kier alpha value is -1.97. The molecule has 1 aromatic heterocycles. The number of aromatic nitrogens is 2. The van der Waals surface area contributed by atoms with Crippen molar-refractivity contribution in [3.8, 4) is 11.8 Å². The van der Waals surface area contributed by atoms with E-state index in [4.69, 9.17) is 22.0 Å². The standard InChI is InChI=1S/C12H8ClN3O2S/c13-9-2-1-8(6-14)5-10(9)16-4-3-15-12(16)19-7-11(17)18/h1-5H,7H2,(H,17,18). The Kier molecular flexibility index (Phi) is 4.10. The molecule has 0 unspecified atom stereocenters. The average Bonchev–Trinajstić information content (AvgIpc) is 2.85. The molecule has 96 valence electrons. The summed E-state index contributed by atoms with van der Waals surface area (Å²) >= 11 is 7.19. The molecule has 0 bridgehead atoms. The normalized spacial score (nSPS) is 10.1. The third-order valence-corrected chi connectivity index (χ3v) is 3.54. The molecule has 1 N–H and O–H groups in total. The lowest BCUT2D eigenvalue weighted by Gasteiger charge is -2.09. The maximum absolute atomic E-state index is 10.6.